The summed E-state index contributed by atoms with van der Waals surface area (Å²) in [6.07, 6.45) is 1.19. The van der Waals surface area contributed by atoms with Gasteiger partial charge in [-0.05, 0) is 30.3 Å². The van der Waals surface area contributed by atoms with Crippen molar-refractivity contribution in [3.63, 3.8) is 0 Å². The number of hydrogen-bond acceptors (Lipinski definition) is 6. The summed E-state index contributed by atoms with van der Waals surface area (Å²) in [4.78, 5) is 33.7. The summed E-state index contributed by atoms with van der Waals surface area (Å²) in [5.41, 5.74) is -1.05. The number of piperazine rings is 1. The minimum atomic E-state index is -0.832. The molecule has 2 aliphatic heterocycles. The van der Waals surface area contributed by atoms with Crippen LogP contribution in [-0.2, 0) is 4.79 Å². The number of aromatic nitrogens is 1. The normalized spacial score (nSPS) is 16.7. The number of ether oxygens (including phenoxy) is 2. The maximum Gasteiger partial charge on any atom is 0.260 e. The lowest BCUT2D eigenvalue weighted by atomic mass is 9.99. The molecule has 1 aromatic heterocycles. The highest BCUT2D eigenvalue weighted by Gasteiger charge is 2.40. The molecule has 0 saturated carbocycles. The van der Waals surface area contributed by atoms with E-state index in [2.05, 4.69) is 11.6 Å². The summed E-state index contributed by atoms with van der Waals surface area (Å²) in [6.45, 7) is 4.06. The lowest BCUT2D eigenvalue weighted by molar-refractivity contribution is -0.128. The minimum Gasteiger partial charge on any atom is -0.507 e. The monoisotopic (exact) mass is 541 g/mol. The van der Waals surface area contributed by atoms with Gasteiger partial charge in [0.05, 0.1) is 30.0 Å². The molecular formula is C27H22ClF2N3O5. The topological polar surface area (TPSA) is 92.2 Å². The van der Waals surface area contributed by atoms with Crippen molar-refractivity contribution in [3.8, 4) is 39.8 Å². The van der Waals surface area contributed by atoms with Crippen molar-refractivity contribution in [2.45, 2.75) is 6.04 Å². The van der Waals surface area contributed by atoms with Crippen molar-refractivity contribution < 1.29 is 33.0 Å². The number of methoxy groups -OCH3 is 1. The molecule has 0 aliphatic carbocycles. The Morgan fingerprint density at radius 3 is 2.55 bits per heavy atom. The van der Waals surface area contributed by atoms with Gasteiger partial charge in [-0.25, -0.2) is 13.8 Å². The van der Waals surface area contributed by atoms with E-state index < -0.39 is 29.3 Å². The second-order valence-corrected chi connectivity index (χ2v) is 9.11. The van der Waals surface area contributed by atoms with Crippen LogP contribution in [0, 0.1) is 11.6 Å². The average Bonchev–Trinajstić information content (AvgIpc) is 3.06. The molecule has 0 spiro atoms. The Hall–Kier alpha value is -4.18. The molecule has 0 bridgehead atoms. The van der Waals surface area contributed by atoms with E-state index in [1.54, 1.807) is 4.90 Å². The molecule has 1 saturated heterocycles. The van der Waals surface area contributed by atoms with Gasteiger partial charge in [-0.2, -0.15) is 0 Å². The van der Waals surface area contributed by atoms with Gasteiger partial charge in [0.1, 0.15) is 46.0 Å². The zero-order valence-electron chi connectivity index (χ0n) is 20.2. The number of phenolic OH excluding ortho intramolecular Hbond substituents is 1. The van der Waals surface area contributed by atoms with Crippen LogP contribution >= 0.6 is 11.6 Å². The molecule has 1 fully saturated rings. The zero-order valence-corrected chi connectivity index (χ0v) is 21.0. The van der Waals surface area contributed by atoms with Crippen molar-refractivity contribution >= 4 is 23.4 Å². The Bertz CT molecular complexity index is 1460. The SMILES string of the molecule is C=CC(=O)N1CCN2C(=O)c3c(-c4c(F)cccc4OC)nc(-c4c(O)cccc4F)c(Cl)c3OC[C@H]2C1. The van der Waals surface area contributed by atoms with Crippen molar-refractivity contribution in [1.82, 2.24) is 14.8 Å². The summed E-state index contributed by atoms with van der Waals surface area (Å²) in [5.74, 6) is -2.94. The lowest BCUT2D eigenvalue weighted by Gasteiger charge is -2.39. The molecule has 38 heavy (non-hydrogen) atoms. The molecule has 2 amide bonds. The van der Waals surface area contributed by atoms with Crippen LogP contribution in [0.1, 0.15) is 10.4 Å². The van der Waals surface area contributed by atoms with Crippen LogP contribution < -0.4 is 9.47 Å². The van der Waals surface area contributed by atoms with Gasteiger partial charge in [0.15, 0.2) is 5.75 Å². The largest absolute Gasteiger partial charge is 0.507 e. The Balaban J connectivity index is 1.77. The molecule has 3 heterocycles. The number of amides is 2. The van der Waals surface area contributed by atoms with E-state index in [4.69, 9.17) is 21.1 Å². The lowest BCUT2D eigenvalue weighted by Crippen LogP contribution is -2.57. The predicted molar refractivity (Wildman–Crippen MR) is 135 cm³/mol. The molecule has 8 nitrogen and oxygen atoms in total. The molecule has 11 heteroatoms. The summed E-state index contributed by atoms with van der Waals surface area (Å²) in [5, 5.41) is 10.2. The van der Waals surface area contributed by atoms with Crippen molar-refractivity contribution in [3.05, 3.63) is 71.3 Å². The quantitative estimate of drug-likeness (QED) is 0.495. The number of benzene rings is 2. The van der Waals surface area contributed by atoms with E-state index in [1.165, 1.54) is 48.4 Å². The van der Waals surface area contributed by atoms with Crippen LogP contribution in [0.3, 0.4) is 0 Å². The maximum atomic E-state index is 15.3. The van der Waals surface area contributed by atoms with Crippen LogP contribution in [0.15, 0.2) is 49.1 Å². The number of carbonyl (C=O) groups is 2. The van der Waals surface area contributed by atoms with Crippen LogP contribution in [0.5, 0.6) is 17.2 Å². The highest BCUT2D eigenvalue weighted by Crippen LogP contribution is 2.47. The van der Waals surface area contributed by atoms with Gasteiger partial charge in [0.25, 0.3) is 5.91 Å². The molecular weight excluding hydrogens is 520 g/mol. The Morgan fingerprint density at radius 1 is 1.16 bits per heavy atom. The Labute approximate surface area is 221 Å². The van der Waals surface area contributed by atoms with Crippen molar-refractivity contribution in [1.29, 1.82) is 0 Å². The summed E-state index contributed by atoms with van der Waals surface area (Å²) in [6, 6.07) is 7.21. The first-order valence-corrected chi connectivity index (χ1v) is 12.0. The minimum absolute atomic E-state index is 0.0556. The van der Waals surface area contributed by atoms with Crippen LogP contribution in [0.2, 0.25) is 5.02 Å². The molecule has 3 aromatic rings. The highest BCUT2D eigenvalue weighted by atomic mass is 35.5. The number of pyridine rings is 1. The molecule has 2 aliphatic rings. The molecule has 0 unspecified atom stereocenters. The Kier molecular flexibility index (Phi) is 6.66. The smallest absolute Gasteiger partial charge is 0.260 e. The van der Waals surface area contributed by atoms with Crippen LogP contribution in [0.4, 0.5) is 8.78 Å². The zero-order chi connectivity index (χ0) is 27.1. The summed E-state index contributed by atoms with van der Waals surface area (Å²) >= 11 is 6.68. The summed E-state index contributed by atoms with van der Waals surface area (Å²) in [7, 11) is 1.33. The number of nitrogens with zero attached hydrogens (tertiary/aromatic N) is 3. The molecule has 196 valence electrons. The molecule has 1 N–H and O–H groups in total. The van der Waals surface area contributed by atoms with Gasteiger partial charge in [0.2, 0.25) is 5.91 Å². The Morgan fingerprint density at radius 2 is 1.87 bits per heavy atom. The first kappa shape index (κ1) is 25.5. The molecule has 5 rings (SSSR count). The first-order valence-electron chi connectivity index (χ1n) is 11.7. The standard InChI is InChI=1S/C27H22ClF2N3O5/c1-3-19(35)32-10-11-33-14(12-32)13-38-26-22(27(33)36)24(21-16(30)7-5-9-18(21)37-2)31-25(23(26)28)20-15(29)6-4-8-17(20)34/h3-9,14,34H,1,10-13H2,2H3/t14-/m1/s1. The number of phenols is 1. The fraction of sp³-hybridized carbons (Fsp3) is 0.222. The van der Waals surface area contributed by atoms with E-state index in [0.29, 0.717) is 0 Å². The number of aromatic hydroxyl groups is 1. The number of carbonyl (C=O) groups excluding carboxylic acids is 2. The van der Waals surface area contributed by atoms with E-state index >= 15 is 4.39 Å². The average molecular weight is 542 g/mol. The number of rotatable bonds is 4. The molecule has 2 aromatic carbocycles. The maximum absolute atomic E-state index is 15.3. The van der Waals surface area contributed by atoms with Crippen molar-refractivity contribution in [2.24, 2.45) is 0 Å². The molecule has 1 atom stereocenters. The van der Waals surface area contributed by atoms with E-state index in [9.17, 15) is 19.1 Å². The van der Waals surface area contributed by atoms with Gasteiger partial charge in [-0.1, -0.05) is 30.3 Å². The second-order valence-electron chi connectivity index (χ2n) is 8.73. The van der Waals surface area contributed by atoms with Gasteiger partial charge >= 0.3 is 0 Å². The van der Waals surface area contributed by atoms with Gasteiger partial charge in [-0.15, -0.1) is 0 Å². The fourth-order valence-electron chi connectivity index (χ4n) is 4.79. The first-order chi connectivity index (χ1) is 18.3. The van der Waals surface area contributed by atoms with E-state index in [0.717, 1.165) is 6.07 Å². The number of fused-ring (bicyclic) bond motifs is 2. The second kappa shape index (κ2) is 9.94. The third-order valence-corrected chi connectivity index (χ3v) is 6.97. The van der Waals surface area contributed by atoms with Crippen molar-refractivity contribution in [2.75, 3.05) is 33.4 Å². The molecule has 0 radical (unpaired) electrons. The highest BCUT2D eigenvalue weighted by molar-refractivity contribution is 6.35. The number of halogens is 3. The van der Waals surface area contributed by atoms with Gasteiger partial charge < -0.3 is 24.4 Å². The van der Waals surface area contributed by atoms with Crippen LogP contribution in [-0.4, -0.2) is 71.1 Å². The third-order valence-electron chi connectivity index (χ3n) is 6.62. The number of hydrogen-bond donors (Lipinski definition) is 1. The van der Waals surface area contributed by atoms with Crippen LogP contribution in [0.25, 0.3) is 22.5 Å². The summed E-state index contributed by atoms with van der Waals surface area (Å²) < 4.78 is 41.7. The van der Waals surface area contributed by atoms with Gasteiger partial charge in [-0.3, -0.25) is 9.59 Å². The predicted octanol–water partition coefficient (Wildman–Crippen LogP) is 4.29. The fourth-order valence-corrected chi connectivity index (χ4v) is 5.08. The van der Waals surface area contributed by atoms with E-state index in [1.807, 2.05) is 0 Å². The van der Waals surface area contributed by atoms with Gasteiger partial charge in [0, 0.05) is 19.6 Å². The third kappa shape index (κ3) is 4.10. The van der Waals surface area contributed by atoms with E-state index in [-0.39, 0.29) is 76.7 Å².